The highest BCUT2D eigenvalue weighted by atomic mass is 32.1. The number of carbonyl (C=O) groups excluding carboxylic acids is 1. The van der Waals surface area contributed by atoms with Crippen LogP contribution in [-0.4, -0.2) is 49.0 Å². The summed E-state index contributed by atoms with van der Waals surface area (Å²) in [6, 6.07) is 0. The van der Waals surface area contributed by atoms with Crippen LogP contribution in [-0.2, 0) is 0 Å². The molecule has 0 aliphatic carbocycles. The van der Waals surface area contributed by atoms with E-state index < -0.39 is 0 Å². The summed E-state index contributed by atoms with van der Waals surface area (Å²) in [7, 11) is 0. The molecule has 3 aromatic rings. The minimum atomic E-state index is 0.0308. The second-order valence-corrected chi connectivity index (χ2v) is 7.14. The summed E-state index contributed by atoms with van der Waals surface area (Å²) in [5, 5.41) is 4.97. The van der Waals surface area contributed by atoms with Gasteiger partial charge in [0.1, 0.15) is 10.6 Å². The van der Waals surface area contributed by atoms with Crippen molar-refractivity contribution >= 4 is 17.2 Å². The van der Waals surface area contributed by atoms with Gasteiger partial charge < -0.3 is 9.42 Å². The third-order valence-electron chi connectivity index (χ3n) is 4.16. The fourth-order valence-electron chi connectivity index (χ4n) is 2.94. The van der Waals surface area contributed by atoms with Gasteiger partial charge >= 0.3 is 0 Å². The van der Waals surface area contributed by atoms with Crippen LogP contribution in [0.1, 0.15) is 38.5 Å². The van der Waals surface area contributed by atoms with E-state index in [4.69, 9.17) is 4.52 Å². The fourth-order valence-corrected chi connectivity index (χ4v) is 3.83. The molecule has 1 atom stereocenters. The maximum Gasteiger partial charge on any atom is 0.278 e. The van der Waals surface area contributed by atoms with Gasteiger partial charge in [0.15, 0.2) is 5.82 Å². The van der Waals surface area contributed by atoms with Gasteiger partial charge in [0.25, 0.3) is 11.8 Å². The maximum atomic E-state index is 12.7. The van der Waals surface area contributed by atoms with Crippen molar-refractivity contribution in [1.29, 1.82) is 0 Å². The van der Waals surface area contributed by atoms with Gasteiger partial charge in [-0.15, -0.1) is 11.3 Å². The van der Waals surface area contributed by atoms with Gasteiger partial charge in [0.05, 0.1) is 16.9 Å². The first kappa shape index (κ1) is 15.8. The van der Waals surface area contributed by atoms with Crippen LogP contribution in [0.2, 0.25) is 0 Å². The van der Waals surface area contributed by atoms with Crippen LogP contribution in [0.25, 0.3) is 11.6 Å². The largest absolute Gasteiger partial charge is 0.337 e. The van der Waals surface area contributed by atoms with E-state index in [9.17, 15) is 4.79 Å². The number of thiazole rings is 1. The van der Waals surface area contributed by atoms with Crippen molar-refractivity contribution in [3.05, 3.63) is 40.0 Å². The number of carbonyl (C=O) groups is 1. The van der Waals surface area contributed by atoms with Crippen molar-refractivity contribution < 1.29 is 9.32 Å². The van der Waals surface area contributed by atoms with E-state index in [1.165, 1.54) is 11.3 Å². The van der Waals surface area contributed by atoms with E-state index in [-0.39, 0.29) is 11.8 Å². The third kappa shape index (κ3) is 3.02. The van der Waals surface area contributed by atoms with Crippen molar-refractivity contribution in [2.75, 3.05) is 13.1 Å². The van der Waals surface area contributed by atoms with Crippen LogP contribution in [0, 0.1) is 13.8 Å². The Kier molecular flexibility index (Phi) is 4.00. The van der Waals surface area contributed by atoms with Crippen molar-refractivity contribution in [2.24, 2.45) is 0 Å². The number of nitrogens with zero attached hydrogens (tertiary/aromatic N) is 6. The Balaban J connectivity index is 1.49. The maximum absolute atomic E-state index is 12.7. The van der Waals surface area contributed by atoms with Crippen LogP contribution in [0.3, 0.4) is 0 Å². The summed E-state index contributed by atoms with van der Waals surface area (Å²) in [5.41, 5.74) is 1.34. The smallest absolute Gasteiger partial charge is 0.278 e. The van der Waals surface area contributed by atoms with Crippen LogP contribution < -0.4 is 0 Å². The number of rotatable bonds is 3. The van der Waals surface area contributed by atoms with Crippen molar-refractivity contribution in [2.45, 2.75) is 26.2 Å². The summed E-state index contributed by atoms with van der Waals surface area (Å²) in [6.07, 6.45) is 5.55. The number of likely N-dealkylation sites (tertiary alicyclic amines) is 1. The van der Waals surface area contributed by atoms with E-state index in [0.29, 0.717) is 35.4 Å². The molecular weight excluding hydrogens is 340 g/mol. The van der Waals surface area contributed by atoms with E-state index >= 15 is 0 Å². The number of aryl methyl sites for hydroxylation is 2. The average molecular weight is 356 g/mol. The molecule has 1 fully saturated rings. The van der Waals surface area contributed by atoms with Gasteiger partial charge in [0.2, 0.25) is 0 Å². The predicted octanol–water partition coefficient (Wildman–Crippen LogP) is 2.23. The Labute approximate surface area is 147 Å². The first-order valence-corrected chi connectivity index (χ1v) is 8.77. The SMILES string of the molecule is Cc1nc(C)c(C(=O)N2CCC(c3noc(-c4cnccn4)n3)C2)s1. The van der Waals surface area contributed by atoms with Gasteiger partial charge in [-0.25, -0.2) is 9.97 Å². The molecule has 0 spiro atoms. The summed E-state index contributed by atoms with van der Waals surface area (Å²) >= 11 is 1.44. The standard InChI is InChI=1S/C16H16N6O2S/c1-9-13(25-10(2)19-9)16(23)22-6-3-11(8-22)14-20-15(24-21-14)12-7-17-4-5-18-12/h4-5,7,11H,3,6,8H2,1-2H3. The number of hydrogen-bond acceptors (Lipinski definition) is 8. The average Bonchev–Trinajstić information content (AvgIpc) is 3.34. The lowest BCUT2D eigenvalue weighted by Gasteiger charge is -2.14. The van der Waals surface area contributed by atoms with E-state index in [1.807, 2.05) is 18.7 Å². The monoisotopic (exact) mass is 356 g/mol. The van der Waals surface area contributed by atoms with Gasteiger partial charge in [0, 0.05) is 31.4 Å². The van der Waals surface area contributed by atoms with Gasteiger partial charge in [-0.3, -0.25) is 9.78 Å². The molecule has 4 heterocycles. The van der Waals surface area contributed by atoms with Gasteiger partial charge in [-0.2, -0.15) is 4.98 Å². The van der Waals surface area contributed by atoms with E-state index in [1.54, 1.807) is 18.6 Å². The highest BCUT2D eigenvalue weighted by Gasteiger charge is 2.32. The highest BCUT2D eigenvalue weighted by molar-refractivity contribution is 7.13. The molecule has 128 valence electrons. The topological polar surface area (TPSA) is 97.9 Å². The van der Waals surface area contributed by atoms with Gasteiger partial charge in [-0.1, -0.05) is 5.16 Å². The minimum Gasteiger partial charge on any atom is -0.337 e. The molecule has 1 aliphatic rings. The molecule has 0 aromatic carbocycles. The van der Waals surface area contributed by atoms with Crippen molar-refractivity contribution in [3.63, 3.8) is 0 Å². The molecule has 0 saturated carbocycles. The first-order valence-electron chi connectivity index (χ1n) is 7.95. The van der Waals surface area contributed by atoms with Gasteiger partial charge in [-0.05, 0) is 20.3 Å². The lowest BCUT2D eigenvalue weighted by molar-refractivity contribution is 0.0794. The molecule has 1 aliphatic heterocycles. The zero-order valence-electron chi connectivity index (χ0n) is 13.8. The normalized spacial score (nSPS) is 17.2. The number of aromatic nitrogens is 5. The lowest BCUT2D eigenvalue weighted by Crippen LogP contribution is -2.28. The highest BCUT2D eigenvalue weighted by Crippen LogP contribution is 2.29. The molecule has 0 N–H and O–H groups in total. The van der Waals surface area contributed by atoms with Crippen LogP contribution in [0.4, 0.5) is 0 Å². The molecule has 9 heteroatoms. The molecule has 8 nitrogen and oxygen atoms in total. The predicted molar refractivity (Wildman–Crippen MR) is 90.2 cm³/mol. The fraction of sp³-hybridized carbons (Fsp3) is 0.375. The minimum absolute atomic E-state index is 0.0308. The van der Waals surface area contributed by atoms with Crippen LogP contribution in [0.5, 0.6) is 0 Å². The van der Waals surface area contributed by atoms with E-state index in [0.717, 1.165) is 17.1 Å². The molecule has 1 unspecified atom stereocenters. The summed E-state index contributed by atoms with van der Waals surface area (Å²) in [4.78, 5) is 32.2. The second kappa shape index (κ2) is 6.32. The molecule has 1 saturated heterocycles. The van der Waals surface area contributed by atoms with Crippen LogP contribution in [0.15, 0.2) is 23.1 Å². The summed E-state index contributed by atoms with van der Waals surface area (Å²) in [6.45, 7) is 5.04. The molecule has 25 heavy (non-hydrogen) atoms. The third-order valence-corrected chi connectivity index (χ3v) is 5.22. The molecule has 4 rings (SSSR count). The first-order chi connectivity index (χ1) is 12.1. The Hall–Kier alpha value is -2.68. The number of amides is 1. The van der Waals surface area contributed by atoms with Crippen LogP contribution >= 0.6 is 11.3 Å². The Morgan fingerprint density at radius 1 is 1.32 bits per heavy atom. The second-order valence-electron chi connectivity index (χ2n) is 5.93. The Morgan fingerprint density at radius 3 is 2.92 bits per heavy atom. The molecule has 3 aromatic heterocycles. The lowest BCUT2D eigenvalue weighted by atomic mass is 10.1. The van der Waals surface area contributed by atoms with Crippen molar-refractivity contribution in [1.82, 2.24) is 30.0 Å². The molecule has 0 radical (unpaired) electrons. The zero-order valence-corrected chi connectivity index (χ0v) is 14.7. The summed E-state index contributed by atoms with van der Waals surface area (Å²) in [5.74, 6) is 1.05. The van der Waals surface area contributed by atoms with E-state index in [2.05, 4.69) is 25.1 Å². The summed E-state index contributed by atoms with van der Waals surface area (Å²) < 4.78 is 5.29. The Bertz CT molecular complexity index is 907. The number of hydrogen-bond donors (Lipinski definition) is 0. The molecule has 1 amide bonds. The zero-order chi connectivity index (χ0) is 17.4. The molecular formula is C16H16N6O2S. The van der Waals surface area contributed by atoms with Crippen molar-refractivity contribution in [3.8, 4) is 11.6 Å². The quantitative estimate of drug-likeness (QED) is 0.709. The Morgan fingerprint density at radius 2 is 2.20 bits per heavy atom. The molecule has 0 bridgehead atoms.